The lowest BCUT2D eigenvalue weighted by Gasteiger charge is -2.21. The number of methoxy groups -OCH3 is 1. The van der Waals surface area contributed by atoms with Gasteiger partial charge in [-0.1, -0.05) is 12.1 Å². The van der Waals surface area contributed by atoms with Crippen molar-refractivity contribution in [2.24, 2.45) is 7.05 Å². The zero-order chi connectivity index (χ0) is 16.2. The number of aromatic nitrogens is 2. The molecule has 122 valence electrons. The average molecular weight is 318 g/mol. The number of carbonyl (C=O) groups is 1. The molecule has 2 amide bonds. The third-order valence-electron chi connectivity index (χ3n) is 3.32. The highest BCUT2D eigenvalue weighted by molar-refractivity contribution is 5.90. The summed E-state index contributed by atoms with van der Waals surface area (Å²) in [6, 6.07) is 5.24. The maximum absolute atomic E-state index is 12.0. The highest BCUT2D eigenvalue weighted by atomic mass is 16.6. The second-order valence-corrected chi connectivity index (χ2v) is 4.97. The average Bonchev–Trinajstić information content (AvgIpc) is 2.92. The van der Waals surface area contributed by atoms with Gasteiger partial charge in [0, 0.05) is 19.2 Å². The number of benzene rings is 1. The number of aryl methyl sites for hydroxylation is 1. The molecule has 0 spiro atoms. The highest BCUT2D eigenvalue weighted by Gasteiger charge is 2.16. The Morgan fingerprint density at radius 1 is 1.39 bits per heavy atom. The molecule has 0 aliphatic carbocycles. The van der Waals surface area contributed by atoms with E-state index in [-0.39, 0.29) is 6.03 Å². The summed E-state index contributed by atoms with van der Waals surface area (Å²) in [5, 5.41) is 9.56. The molecule has 0 radical (unpaired) electrons. The number of hydrogen-bond acceptors (Lipinski definition) is 5. The molecule has 2 N–H and O–H groups in total. The van der Waals surface area contributed by atoms with Crippen molar-refractivity contribution in [3.8, 4) is 17.4 Å². The number of amides is 2. The number of urea groups is 1. The standard InChI is InChI=1S/C15H18N4O4/c1-19-9-11(14(18-19)21-2)17-15(20)16-8-10-4-3-5-12-13(10)23-7-6-22-12/h3-5,9H,6-8H2,1-2H3,(H2,16,17,20). The summed E-state index contributed by atoms with van der Waals surface area (Å²) in [5.74, 6) is 1.74. The zero-order valence-corrected chi connectivity index (χ0v) is 13.0. The Hall–Kier alpha value is -2.90. The molecular formula is C15H18N4O4. The van der Waals surface area contributed by atoms with E-state index in [4.69, 9.17) is 14.2 Å². The predicted octanol–water partition coefficient (Wildman–Crippen LogP) is 1.52. The van der Waals surface area contributed by atoms with Crippen LogP contribution in [0.4, 0.5) is 10.5 Å². The Bertz CT molecular complexity index is 713. The molecule has 1 aliphatic rings. The minimum Gasteiger partial charge on any atom is -0.486 e. The molecule has 8 heteroatoms. The fourth-order valence-corrected chi connectivity index (χ4v) is 2.32. The predicted molar refractivity (Wildman–Crippen MR) is 83.1 cm³/mol. The topological polar surface area (TPSA) is 86.6 Å². The summed E-state index contributed by atoms with van der Waals surface area (Å²) in [6.07, 6.45) is 1.67. The van der Waals surface area contributed by atoms with Gasteiger partial charge in [0.15, 0.2) is 11.5 Å². The van der Waals surface area contributed by atoms with E-state index in [1.165, 1.54) is 7.11 Å². The van der Waals surface area contributed by atoms with Crippen molar-refractivity contribution in [2.75, 3.05) is 25.6 Å². The van der Waals surface area contributed by atoms with Gasteiger partial charge in [-0.2, -0.15) is 0 Å². The second kappa shape index (κ2) is 6.47. The molecule has 8 nitrogen and oxygen atoms in total. The number of ether oxygens (including phenoxy) is 3. The van der Waals surface area contributed by atoms with Gasteiger partial charge in [-0.05, 0) is 6.07 Å². The van der Waals surface area contributed by atoms with E-state index in [0.29, 0.717) is 42.8 Å². The Kier molecular flexibility index (Phi) is 4.22. The molecule has 0 bridgehead atoms. The van der Waals surface area contributed by atoms with Gasteiger partial charge in [0.05, 0.1) is 13.3 Å². The van der Waals surface area contributed by atoms with E-state index in [0.717, 1.165) is 5.56 Å². The minimum atomic E-state index is -0.356. The van der Waals surface area contributed by atoms with Gasteiger partial charge < -0.3 is 24.8 Å². The molecular weight excluding hydrogens is 300 g/mol. The van der Waals surface area contributed by atoms with Crippen LogP contribution in [0, 0.1) is 0 Å². The number of rotatable bonds is 4. The maximum Gasteiger partial charge on any atom is 0.319 e. The highest BCUT2D eigenvalue weighted by Crippen LogP contribution is 2.33. The third kappa shape index (κ3) is 3.31. The number of para-hydroxylation sites is 1. The summed E-state index contributed by atoms with van der Waals surface area (Å²) in [5.41, 5.74) is 1.36. The molecule has 1 aliphatic heterocycles. The van der Waals surface area contributed by atoms with Crippen LogP contribution >= 0.6 is 0 Å². The quantitative estimate of drug-likeness (QED) is 0.892. The number of fused-ring (bicyclic) bond motifs is 1. The first-order chi connectivity index (χ1) is 11.2. The van der Waals surface area contributed by atoms with Crippen LogP contribution in [-0.2, 0) is 13.6 Å². The zero-order valence-electron chi connectivity index (χ0n) is 13.0. The first kappa shape index (κ1) is 15.0. The van der Waals surface area contributed by atoms with Crippen LogP contribution in [-0.4, -0.2) is 36.1 Å². The molecule has 0 atom stereocenters. The first-order valence-electron chi connectivity index (χ1n) is 7.17. The van der Waals surface area contributed by atoms with Crippen LogP contribution in [0.2, 0.25) is 0 Å². The van der Waals surface area contributed by atoms with Crippen molar-refractivity contribution < 1.29 is 19.0 Å². The number of nitrogens with zero attached hydrogens (tertiary/aromatic N) is 2. The molecule has 0 unspecified atom stereocenters. The van der Waals surface area contributed by atoms with Crippen molar-refractivity contribution in [3.05, 3.63) is 30.0 Å². The van der Waals surface area contributed by atoms with Crippen molar-refractivity contribution in [2.45, 2.75) is 6.54 Å². The fourth-order valence-electron chi connectivity index (χ4n) is 2.32. The van der Waals surface area contributed by atoms with Crippen molar-refractivity contribution in [1.82, 2.24) is 15.1 Å². The molecule has 0 saturated heterocycles. The Labute approximate surface area is 133 Å². The molecule has 0 fully saturated rings. The van der Waals surface area contributed by atoms with E-state index >= 15 is 0 Å². The number of anilines is 1. The molecule has 1 aromatic carbocycles. The molecule has 0 saturated carbocycles. The Morgan fingerprint density at radius 3 is 3.04 bits per heavy atom. The monoisotopic (exact) mass is 318 g/mol. The lowest BCUT2D eigenvalue weighted by Crippen LogP contribution is -2.28. The van der Waals surface area contributed by atoms with Crippen molar-refractivity contribution in [1.29, 1.82) is 0 Å². The van der Waals surface area contributed by atoms with Gasteiger partial charge in [-0.15, -0.1) is 5.10 Å². The second-order valence-electron chi connectivity index (χ2n) is 4.97. The van der Waals surface area contributed by atoms with Crippen LogP contribution < -0.4 is 24.8 Å². The van der Waals surface area contributed by atoms with E-state index < -0.39 is 0 Å². The number of nitrogens with one attached hydrogen (secondary N) is 2. The molecule has 23 heavy (non-hydrogen) atoms. The Morgan fingerprint density at radius 2 is 2.22 bits per heavy atom. The van der Waals surface area contributed by atoms with Gasteiger partial charge in [-0.25, -0.2) is 4.79 Å². The fraction of sp³-hybridized carbons (Fsp3) is 0.333. The van der Waals surface area contributed by atoms with Crippen LogP contribution in [0.15, 0.2) is 24.4 Å². The third-order valence-corrected chi connectivity index (χ3v) is 3.32. The van der Waals surface area contributed by atoms with Gasteiger partial charge in [0.1, 0.15) is 18.9 Å². The lowest BCUT2D eigenvalue weighted by molar-refractivity contribution is 0.169. The van der Waals surface area contributed by atoms with E-state index in [1.54, 1.807) is 17.9 Å². The largest absolute Gasteiger partial charge is 0.486 e. The summed E-state index contributed by atoms with van der Waals surface area (Å²) in [4.78, 5) is 12.0. The smallest absolute Gasteiger partial charge is 0.319 e. The lowest BCUT2D eigenvalue weighted by atomic mass is 10.1. The summed E-state index contributed by atoms with van der Waals surface area (Å²) >= 11 is 0. The van der Waals surface area contributed by atoms with Gasteiger partial charge >= 0.3 is 6.03 Å². The van der Waals surface area contributed by atoms with Crippen LogP contribution in [0.1, 0.15) is 5.56 Å². The summed E-state index contributed by atoms with van der Waals surface area (Å²) < 4.78 is 17.8. The number of hydrogen-bond donors (Lipinski definition) is 2. The summed E-state index contributed by atoms with van der Waals surface area (Å²) in [7, 11) is 3.25. The van der Waals surface area contributed by atoms with Gasteiger partial charge in [-0.3, -0.25) is 4.68 Å². The van der Waals surface area contributed by atoms with Crippen LogP contribution in [0.25, 0.3) is 0 Å². The molecule has 3 rings (SSSR count). The molecule has 2 heterocycles. The normalized spacial score (nSPS) is 12.6. The van der Waals surface area contributed by atoms with Crippen molar-refractivity contribution in [3.63, 3.8) is 0 Å². The SMILES string of the molecule is COc1nn(C)cc1NC(=O)NCc1cccc2c1OCCO2. The molecule has 1 aromatic heterocycles. The van der Waals surface area contributed by atoms with Gasteiger partial charge in [0.25, 0.3) is 5.88 Å². The maximum atomic E-state index is 12.0. The Balaban J connectivity index is 1.63. The first-order valence-corrected chi connectivity index (χ1v) is 7.17. The van der Waals surface area contributed by atoms with Crippen LogP contribution in [0.5, 0.6) is 17.4 Å². The van der Waals surface area contributed by atoms with E-state index in [9.17, 15) is 4.79 Å². The van der Waals surface area contributed by atoms with E-state index in [1.807, 2.05) is 18.2 Å². The minimum absolute atomic E-state index is 0.320. The molecule has 2 aromatic rings. The summed E-state index contributed by atoms with van der Waals surface area (Å²) in [6.45, 7) is 1.36. The van der Waals surface area contributed by atoms with E-state index in [2.05, 4.69) is 15.7 Å². The van der Waals surface area contributed by atoms with Gasteiger partial charge in [0.2, 0.25) is 0 Å². The van der Waals surface area contributed by atoms with Crippen LogP contribution in [0.3, 0.4) is 0 Å². The number of carbonyl (C=O) groups excluding carboxylic acids is 1. The van der Waals surface area contributed by atoms with Crippen molar-refractivity contribution >= 4 is 11.7 Å².